The zero-order valence-corrected chi connectivity index (χ0v) is 19.0. The smallest absolute Gasteiger partial charge is 0.153 e. The quantitative estimate of drug-likeness (QED) is 0.557. The zero-order chi connectivity index (χ0) is 21.6. The highest BCUT2D eigenvalue weighted by Crippen LogP contribution is 2.45. The van der Waals surface area contributed by atoms with Crippen LogP contribution in [-0.4, -0.2) is 28.2 Å². The van der Waals surface area contributed by atoms with Gasteiger partial charge in [-0.25, -0.2) is 9.97 Å². The molecule has 2 aliphatic rings. The number of halogens is 2. The zero-order valence-electron chi connectivity index (χ0n) is 17.5. The van der Waals surface area contributed by atoms with Crippen LogP contribution in [0.2, 0.25) is 10.0 Å². The molecule has 0 radical (unpaired) electrons. The number of nitrogens with zero attached hydrogens (tertiary/aromatic N) is 3. The molecule has 1 fully saturated rings. The third kappa shape index (κ3) is 3.71. The number of aryl methyl sites for hydroxylation is 1. The standard InChI is InChI=1S/C25H25Cl2N3O/c1-16-23(19-7-4-8-20(26)22(19)27)29-21(15-31)24(28-16)30-11-9-25(10-12-30)13-17-5-2-3-6-18(17)14-25/h2-8,31H,9-15H2,1H3. The maximum atomic E-state index is 10.1. The molecule has 0 amide bonds. The number of hydrogen-bond acceptors (Lipinski definition) is 4. The van der Waals surface area contributed by atoms with Crippen LogP contribution >= 0.6 is 23.2 Å². The number of aliphatic hydroxyl groups is 1. The summed E-state index contributed by atoms with van der Waals surface area (Å²) in [7, 11) is 0. The highest BCUT2D eigenvalue weighted by molar-refractivity contribution is 6.43. The van der Waals surface area contributed by atoms with Crippen molar-refractivity contribution in [1.29, 1.82) is 0 Å². The van der Waals surface area contributed by atoms with E-state index in [1.54, 1.807) is 6.07 Å². The second-order valence-electron chi connectivity index (χ2n) is 8.80. The van der Waals surface area contributed by atoms with Crippen LogP contribution in [-0.2, 0) is 19.4 Å². The Labute approximate surface area is 192 Å². The van der Waals surface area contributed by atoms with Crippen molar-refractivity contribution >= 4 is 29.0 Å². The number of piperidine rings is 1. The maximum absolute atomic E-state index is 10.1. The first-order valence-corrected chi connectivity index (χ1v) is 11.5. The van der Waals surface area contributed by atoms with Gasteiger partial charge in [0, 0.05) is 18.7 Å². The van der Waals surface area contributed by atoms with Gasteiger partial charge in [0.1, 0.15) is 5.69 Å². The number of aliphatic hydroxyl groups excluding tert-OH is 1. The molecule has 0 bridgehead atoms. The fraction of sp³-hybridized carbons (Fsp3) is 0.360. The molecule has 31 heavy (non-hydrogen) atoms. The lowest BCUT2D eigenvalue weighted by Crippen LogP contribution is -2.41. The Morgan fingerprint density at radius 1 is 0.968 bits per heavy atom. The van der Waals surface area contributed by atoms with E-state index in [1.807, 2.05) is 19.1 Å². The average molecular weight is 454 g/mol. The maximum Gasteiger partial charge on any atom is 0.153 e. The van der Waals surface area contributed by atoms with E-state index < -0.39 is 0 Å². The molecule has 1 aliphatic heterocycles. The number of anilines is 1. The van der Waals surface area contributed by atoms with Gasteiger partial charge in [-0.2, -0.15) is 0 Å². The first kappa shape index (κ1) is 20.7. The van der Waals surface area contributed by atoms with E-state index in [4.69, 9.17) is 33.2 Å². The number of fused-ring (bicyclic) bond motifs is 1. The van der Waals surface area contributed by atoms with Crippen LogP contribution in [0.1, 0.15) is 35.4 Å². The van der Waals surface area contributed by atoms with Crippen molar-refractivity contribution < 1.29 is 5.11 Å². The van der Waals surface area contributed by atoms with Crippen molar-refractivity contribution in [3.8, 4) is 11.3 Å². The van der Waals surface area contributed by atoms with Crippen LogP contribution in [0.4, 0.5) is 5.82 Å². The first-order chi connectivity index (χ1) is 15.0. The minimum atomic E-state index is -0.166. The summed E-state index contributed by atoms with van der Waals surface area (Å²) < 4.78 is 0. The topological polar surface area (TPSA) is 49.2 Å². The molecule has 5 rings (SSSR count). The molecule has 0 saturated carbocycles. The first-order valence-electron chi connectivity index (χ1n) is 10.7. The Morgan fingerprint density at radius 2 is 1.65 bits per heavy atom. The van der Waals surface area contributed by atoms with E-state index in [2.05, 4.69) is 29.2 Å². The molecule has 0 unspecified atom stereocenters. The number of aromatic nitrogens is 2. The molecule has 0 atom stereocenters. The number of rotatable bonds is 3. The molecule has 4 nitrogen and oxygen atoms in total. The third-order valence-corrected chi connectivity index (χ3v) is 7.67. The predicted molar refractivity (Wildman–Crippen MR) is 126 cm³/mol. The summed E-state index contributed by atoms with van der Waals surface area (Å²) in [6, 6.07) is 14.3. The molecule has 1 saturated heterocycles. The summed E-state index contributed by atoms with van der Waals surface area (Å²) in [6.45, 7) is 3.61. The fourth-order valence-electron chi connectivity index (χ4n) is 5.16. The SMILES string of the molecule is Cc1nc(N2CCC3(CC2)Cc2ccccc2C3)c(CO)nc1-c1cccc(Cl)c1Cl. The van der Waals surface area contributed by atoms with Gasteiger partial charge < -0.3 is 10.0 Å². The van der Waals surface area contributed by atoms with Gasteiger partial charge in [0.05, 0.1) is 28.0 Å². The van der Waals surface area contributed by atoms with Gasteiger partial charge in [-0.05, 0) is 55.2 Å². The van der Waals surface area contributed by atoms with Crippen LogP contribution in [0.25, 0.3) is 11.3 Å². The molecule has 6 heteroatoms. The van der Waals surface area contributed by atoms with Gasteiger partial charge in [-0.3, -0.25) is 0 Å². The third-order valence-electron chi connectivity index (χ3n) is 6.85. The van der Waals surface area contributed by atoms with E-state index in [9.17, 15) is 5.11 Å². The van der Waals surface area contributed by atoms with Gasteiger partial charge in [0.15, 0.2) is 5.82 Å². The largest absolute Gasteiger partial charge is 0.390 e. The van der Waals surface area contributed by atoms with Crippen LogP contribution in [0.3, 0.4) is 0 Å². The van der Waals surface area contributed by atoms with Gasteiger partial charge >= 0.3 is 0 Å². The van der Waals surface area contributed by atoms with Gasteiger partial charge in [0.25, 0.3) is 0 Å². The summed E-state index contributed by atoms with van der Waals surface area (Å²) >= 11 is 12.6. The Bertz CT molecular complexity index is 1110. The number of hydrogen-bond donors (Lipinski definition) is 1. The Hall–Kier alpha value is -2.14. The van der Waals surface area contributed by atoms with E-state index in [1.165, 1.54) is 24.0 Å². The van der Waals surface area contributed by atoms with Crippen LogP contribution < -0.4 is 4.90 Å². The van der Waals surface area contributed by atoms with E-state index >= 15 is 0 Å². The average Bonchev–Trinajstić information content (AvgIpc) is 3.14. The fourth-order valence-corrected chi connectivity index (χ4v) is 5.55. The lowest BCUT2D eigenvalue weighted by Gasteiger charge is -2.40. The monoisotopic (exact) mass is 453 g/mol. The highest BCUT2D eigenvalue weighted by atomic mass is 35.5. The number of benzene rings is 2. The van der Waals surface area contributed by atoms with Gasteiger partial charge in [-0.15, -0.1) is 0 Å². The molecule has 2 heterocycles. The molecule has 1 N–H and O–H groups in total. The summed E-state index contributed by atoms with van der Waals surface area (Å²) in [5, 5.41) is 11.0. The summed E-state index contributed by atoms with van der Waals surface area (Å²) in [5.41, 5.74) is 6.14. The second kappa shape index (κ2) is 8.09. The molecule has 1 spiro atoms. The van der Waals surface area contributed by atoms with Crippen LogP contribution in [0.15, 0.2) is 42.5 Å². The Kier molecular flexibility index (Phi) is 5.41. The van der Waals surface area contributed by atoms with E-state index in [0.717, 1.165) is 43.0 Å². The van der Waals surface area contributed by atoms with Crippen molar-refractivity contribution in [1.82, 2.24) is 9.97 Å². The Morgan fingerprint density at radius 3 is 2.29 bits per heavy atom. The van der Waals surface area contributed by atoms with Crippen molar-refractivity contribution in [3.05, 3.63) is 75.0 Å². The minimum Gasteiger partial charge on any atom is -0.390 e. The molecule has 3 aromatic rings. The molecule has 1 aliphatic carbocycles. The lowest BCUT2D eigenvalue weighted by atomic mass is 9.76. The van der Waals surface area contributed by atoms with E-state index in [-0.39, 0.29) is 6.61 Å². The summed E-state index contributed by atoms with van der Waals surface area (Å²) in [6.07, 6.45) is 4.58. The predicted octanol–water partition coefficient (Wildman–Crippen LogP) is 5.64. The lowest BCUT2D eigenvalue weighted by molar-refractivity contribution is 0.231. The van der Waals surface area contributed by atoms with Crippen molar-refractivity contribution in [2.45, 2.75) is 39.2 Å². The molecule has 2 aromatic carbocycles. The van der Waals surface area contributed by atoms with Crippen LogP contribution in [0, 0.1) is 12.3 Å². The van der Waals surface area contributed by atoms with Gasteiger partial charge in [-0.1, -0.05) is 59.6 Å². The highest BCUT2D eigenvalue weighted by Gasteiger charge is 2.40. The molecular formula is C25H25Cl2N3O. The molecule has 160 valence electrons. The minimum absolute atomic E-state index is 0.166. The van der Waals surface area contributed by atoms with Crippen molar-refractivity contribution in [3.63, 3.8) is 0 Å². The van der Waals surface area contributed by atoms with Crippen LogP contribution in [0.5, 0.6) is 0 Å². The normalized spacial score (nSPS) is 17.2. The second-order valence-corrected chi connectivity index (χ2v) is 9.58. The Balaban J connectivity index is 1.40. The van der Waals surface area contributed by atoms with Crippen molar-refractivity contribution in [2.24, 2.45) is 5.41 Å². The van der Waals surface area contributed by atoms with Crippen molar-refractivity contribution in [2.75, 3.05) is 18.0 Å². The van der Waals surface area contributed by atoms with E-state index in [0.29, 0.717) is 26.8 Å². The molecular weight excluding hydrogens is 429 g/mol. The van der Waals surface area contributed by atoms with Gasteiger partial charge in [0.2, 0.25) is 0 Å². The summed E-state index contributed by atoms with van der Waals surface area (Å²) in [5.74, 6) is 0.785. The molecule has 1 aromatic heterocycles. The summed E-state index contributed by atoms with van der Waals surface area (Å²) in [4.78, 5) is 11.9.